The average Bonchev–Trinajstić information content (AvgIpc) is 2.82. The van der Waals surface area contributed by atoms with Gasteiger partial charge in [-0.3, -0.25) is 0 Å². The van der Waals surface area contributed by atoms with Gasteiger partial charge < -0.3 is 9.53 Å². The van der Waals surface area contributed by atoms with Gasteiger partial charge in [-0.15, -0.1) is 6.58 Å². The SMILES string of the molecule is C=CC[C@@H](C[C@H](O)C#Cc1ccccc1)O[Si](c1ccccc1)(c1ccccc1)C(C)(C)C. The highest BCUT2D eigenvalue weighted by Gasteiger charge is 2.51. The van der Waals surface area contributed by atoms with Crippen molar-refractivity contribution in [1.82, 2.24) is 0 Å². The summed E-state index contributed by atoms with van der Waals surface area (Å²) in [6, 6.07) is 30.9. The first-order chi connectivity index (χ1) is 15.9. The van der Waals surface area contributed by atoms with E-state index in [1.807, 2.05) is 48.5 Å². The van der Waals surface area contributed by atoms with E-state index in [0.29, 0.717) is 12.8 Å². The molecule has 0 aliphatic heterocycles. The fourth-order valence-electron chi connectivity index (χ4n) is 4.32. The van der Waals surface area contributed by atoms with Crippen molar-refractivity contribution in [3.8, 4) is 11.8 Å². The summed E-state index contributed by atoms with van der Waals surface area (Å²) in [7, 11) is -2.71. The van der Waals surface area contributed by atoms with E-state index in [4.69, 9.17) is 4.43 Å². The third-order valence-corrected chi connectivity index (χ3v) is 10.9. The molecule has 3 aromatic carbocycles. The van der Waals surface area contributed by atoms with E-state index in [-0.39, 0.29) is 11.1 Å². The summed E-state index contributed by atoms with van der Waals surface area (Å²) < 4.78 is 7.18. The van der Waals surface area contributed by atoms with Crippen molar-refractivity contribution in [2.45, 2.75) is 50.9 Å². The Balaban J connectivity index is 1.99. The smallest absolute Gasteiger partial charge is 0.261 e. The van der Waals surface area contributed by atoms with Crippen LogP contribution in [0.15, 0.2) is 104 Å². The molecule has 0 unspecified atom stereocenters. The maximum atomic E-state index is 10.8. The van der Waals surface area contributed by atoms with Crippen LogP contribution in [0.5, 0.6) is 0 Å². The zero-order chi connectivity index (χ0) is 23.7. The van der Waals surface area contributed by atoms with Crippen LogP contribution in [0.4, 0.5) is 0 Å². The molecule has 33 heavy (non-hydrogen) atoms. The third kappa shape index (κ3) is 6.12. The summed E-state index contributed by atoms with van der Waals surface area (Å²) in [5.41, 5.74) is 0.893. The molecule has 0 aromatic heterocycles. The molecule has 3 rings (SSSR count). The number of benzene rings is 3. The topological polar surface area (TPSA) is 29.5 Å². The highest BCUT2D eigenvalue weighted by molar-refractivity contribution is 6.99. The molecule has 0 radical (unpaired) electrons. The average molecular weight is 455 g/mol. The zero-order valence-corrected chi connectivity index (χ0v) is 20.9. The summed E-state index contributed by atoms with van der Waals surface area (Å²) in [5.74, 6) is 6.08. The van der Waals surface area contributed by atoms with E-state index in [0.717, 1.165) is 5.56 Å². The molecular weight excluding hydrogens is 420 g/mol. The minimum absolute atomic E-state index is 0.129. The number of hydrogen-bond donors (Lipinski definition) is 1. The molecular formula is C30H34O2Si. The van der Waals surface area contributed by atoms with Crippen LogP contribution in [-0.4, -0.2) is 25.6 Å². The van der Waals surface area contributed by atoms with E-state index in [1.54, 1.807) is 0 Å². The van der Waals surface area contributed by atoms with Gasteiger partial charge in [0.25, 0.3) is 8.32 Å². The maximum Gasteiger partial charge on any atom is 0.261 e. The Hall–Kier alpha value is -2.90. The maximum absolute atomic E-state index is 10.8. The van der Waals surface area contributed by atoms with Crippen molar-refractivity contribution in [2.24, 2.45) is 0 Å². The molecule has 0 saturated heterocycles. The molecule has 0 bridgehead atoms. The van der Waals surface area contributed by atoms with Crippen molar-refractivity contribution in [2.75, 3.05) is 0 Å². The second-order valence-electron chi connectivity index (χ2n) is 9.31. The molecule has 0 amide bonds. The summed E-state index contributed by atoms with van der Waals surface area (Å²) >= 11 is 0. The van der Waals surface area contributed by atoms with Crippen LogP contribution in [0.25, 0.3) is 0 Å². The van der Waals surface area contributed by atoms with E-state index >= 15 is 0 Å². The van der Waals surface area contributed by atoms with Crippen LogP contribution >= 0.6 is 0 Å². The Morgan fingerprint density at radius 3 is 1.82 bits per heavy atom. The molecule has 3 aromatic rings. The quantitative estimate of drug-likeness (QED) is 0.284. The standard InChI is InChI=1S/C30H34O2Si/c1-5-15-27(24-26(31)23-22-25-16-9-6-10-17-25)32-33(30(2,3)4,28-18-11-7-12-19-28)29-20-13-8-14-21-29/h5-14,16-21,26-27,31H,1,15,24H2,2-4H3/t26-,27+/m1/s1. The predicted molar refractivity (Wildman–Crippen MR) is 141 cm³/mol. The Morgan fingerprint density at radius 1 is 0.879 bits per heavy atom. The van der Waals surface area contributed by atoms with Gasteiger partial charge in [0.05, 0.1) is 6.10 Å². The van der Waals surface area contributed by atoms with E-state index in [9.17, 15) is 5.11 Å². The largest absolute Gasteiger partial charge is 0.404 e. The highest BCUT2D eigenvalue weighted by Crippen LogP contribution is 2.38. The number of aliphatic hydroxyl groups is 1. The van der Waals surface area contributed by atoms with Gasteiger partial charge in [0.1, 0.15) is 6.10 Å². The van der Waals surface area contributed by atoms with Crippen LogP contribution in [0.1, 0.15) is 39.2 Å². The number of rotatable bonds is 8. The molecule has 0 aliphatic rings. The molecule has 0 spiro atoms. The van der Waals surface area contributed by atoms with Crippen LogP contribution in [-0.2, 0) is 4.43 Å². The Bertz CT molecular complexity index is 1020. The van der Waals surface area contributed by atoms with Gasteiger partial charge in [-0.25, -0.2) is 0 Å². The normalized spacial score (nSPS) is 13.5. The monoisotopic (exact) mass is 454 g/mol. The lowest BCUT2D eigenvalue weighted by molar-refractivity contribution is 0.120. The highest BCUT2D eigenvalue weighted by atomic mass is 28.4. The lowest BCUT2D eigenvalue weighted by Crippen LogP contribution is -2.67. The first kappa shape index (κ1) is 24.7. The first-order valence-electron chi connectivity index (χ1n) is 11.5. The zero-order valence-electron chi connectivity index (χ0n) is 19.9. The summed E-state index contributed by atoms with van der Waals surface area (Å²) in [5, 5.41) is 13.1. The molecule has 3 heteroatoms. The van der Waals surface area contributed by atoms with E-state index < -0.39 is 14.4 Å². The summed E-state index contributed by atoms with van der Waals surface area (Å²) in [6.07, 6.45) is 1.97. The molecule has 0 saturated carbocycles. The second-order valence-corrected chi connectivity index (χ2v) is 13.6. The molecule has 2 atom stereocenters. The Kier molecular flexibility index (Phi) is 8.47. The molecule has 0 aliphatic carbocycles. The van der Waals surface area contributed by atoms with Crippen LogP contribution in [0.3, 0.4) is 0 Å². The van der Waals surface area contributed by atoms with Crippen molar-refractivity contribution >= 4 is 18.7 Å². The van der Waals surface area contributed by atoms with Crippen molar-refractivity contribution in [3.63, 3.8) is 0 Å². The molecule has 170 valence electrons. The van der Waals surface area contributed by atoms with Crippen molar-refractivity contribution in [3.05, 3.63) is 109 Å². The summed E-state index contributed by atoms with van der Waals surface area (Å²) in [6.45, 7) is 10.7. The third-order valence-electron chi connectivity index (χ3n) is 5.83. The fourth-order valence-corrected chi connectivity index (χ4v) is 9.02. The summed E-state index contributed by atoms with van der Waals surface area (Å²) in [4.78, 5) is 0. The van der Waals surface area contributed by atoms with Gasteiger partial charge in [0.15, 0.2) is 0 Å². The van der Waals surface area contributed by atoms with Crippen molar-refractivity contribution < 1.29 is 9.53 Å². The predicted octanol–water partition coefficient (Wildman–Crippen LogP) is 5.31. The van der Waals surface area contributed by atoms with Crippen LogP contribution < -0.4 is 10.4 Å². The molecule has 2 nitrogen and oxygen atoms in total. The van der Waals surface area contributed by atoms with Gasteiger partial charge in [-0.2, -0.15) is 0 Å². The molecule has 1 N–H and O–H groups in total. The fraction of sp³-hybridized carbons (Fsp3) is 0.267. The van der Waals surface area contributed by atoms with Crippen molar-refractivity contribution in [1.29, 1.82) is 0 Å². The van der Waals surface area contributed by atoms with Gasteiger partial charge in [0, 0.05) is 12.0 Å². The second kappa shape index (κ2) is 11.3. The minimum atomic E-state index is -2.71. The Morgan fingerprint density at radius 2 is 1.36 bits per heavy atom. The first-order valence-corrected chi connectivity index (χ1v) is 13.4. The molecule has 0 fully saturated rings. The Labute approximate surface area is 200 Å². The van der Waals surface area contributed by atoms with Gasteiger partial charge in [-0.05, 0) is 34.0 Å². The number of aliphatic hydroxyl groups excluding tert-OH is 1. The molecule has 0 heterocycles. The van der Waals surface area contributed by atoms with E-state index in [2.05, 4.69) is 87.7 Å². The van der Waals surface area contributed by atoms with Crippen LogP contribution in [0, 0.1) is 11.8 Å². The lowest BCUT2D eigenvalue weighted by atomic mass is 10.1. The van der Waals surface area contributed by atoms with E-state index in [1.165, 1.54) is 10.4 Å². The van der Waals surface area contributed by atoms with Gasteiger partial charge in [0.2, 0.25) is 0 Å². The van der Waals surface area contributed by atoms with Gasteiger partial charge in [-0.1, -0.05) is 118 Å². The lowest BCUT2D eigenvalue weighted by Gasteiger charge is -2.45. The van der Waals surface area contributed by atoms with Crippen LogP contribution in [0.2, 0.25) is 5.04 Å². The number of hydrogen-bond acceptors (Lipinski definition) is 2. The van der Waals surface area contributed by atoms with Gasteiger partial charge >= 0.3 is 0 Å². The minimum Gasteiger partial charge on any atom is -0.404 e.